The van der Waals surface area contributed by atoms with E-state index in [1.165, 1.54) is 0 Å². The van der Waals surface area contributed by atoms with Crippen LogP contribution >= 0.6 is 11.6 Å². The van der Waals surface area contributed by atoms with Crippen LogP contribution in [0.2, 0.25) is 5.02 Å². The number of nitrogens with zero attached hydrogens (tertiary/aromatic N) is 1. The SMILES string of the molecule is CCN(c1cc(O)ccc1C)c1cccc(Cl)c1CN. The quantitative estimate of drug-likeness (QED) is 0.896. The molecule has 0 atom stereocenters. The lowest BCUT2D eigenvalue weighted by Crippen LogP contribution is -2.19. The molecule has 20 heavy (non-hydrogen) atoms. The molecule has 0 radical (unpaired) electrons. The zero-order chi connectivity index (χ0) is 14.7. The van der Waals surface area contributed by atoms with E-state index in [0.717, 1.165) is 29.0 Å². The Hall–Kier alpha value is -1.71. The fraction of sp³-hybridized carbons (Fsp3) is 0.250. The molecule has 0 heterocycles. The molecule has 0 aliphatic carbocycles. The third-order valence-corrected chi connectivity index (χ3v) is 3.74. The second-order valence-corrected chi connectivity index (χ2v) is 5.06. The molecule has 0 amide bonds. The molecule has 0 saturated carbocycles. The van der Waals surface area contributed by atoms with Crippen molar-refractivity contribution >= 4 is 23.0 Å². The van der Waals surface area contributed by atoms with E-state index in [1.807, 2.05) is 31.2 Å². The van der Waals surface area contributed by atoms with Crippen LogP contribution < -0.4 is 10.6 Å². The second-order valence-electron chi connectivity index (χ2n) is 4.66. The molecule has 2 aromatic rings. The Morgan fingerprint density at radius 3 is 2.60 bits per heavy atom. The van der Waals surface area contributed by atoms with Crippen LogP contribution in [0.5, 0.6) is 5.75 Å². The van der Waals surface area contributed by atoms with Crippen molar-refractivity contribution in [2.75, 3.05) is 11.4 Å². The molecule has 0 fully saturated rings. The van der Waals surface area contributed by atoms with Crippen LogP contribution in [0.1, 0.15) is 18.1 Å². The first-order valence-electron chi connectivity index (χ1n) is 6.63. The minimum absolute atomic E-state index is 0.250. The van der Waals surface area contributed by atoms with Gasteiger partial charge in [0, 0.05) is 41.1 Å². The van der Waals surface area contributed by atoms with Crippen molar-refractivity contribution in [2.45, 2.75) is 20.4 Å². The fourth-order valence-electron chi connectivity index (χ4n) is 2.36. The molecule has 4 heteroatoms. The maximum atomic E-state index is 9.73. The summed E-state index contributed by atoms with van der Waals surface area (Å²) in [4.78, 5) is 2.11. The molecule has 106 valence electrons. The maximum absolute atomic E-state index is 9.73. The summed E-state index contributed by atoms with van der Waals surface area (Å²) in [7, 11) is 0. The molecule has 2 rings (SSSR count). The molecule has 0 saturated heterocycles. The standard InChI is InChI=1S/C16H19ClN2O/c1-3-19(16-9-12(20)8-7-11(16)2)15-6-4-5-14(17)13(15)10-18/h4-9,20H,3,10,18H2,1-2H3. The number of rotatable bonds is 4. The van der Waals surface area contributed by atoms with Gasteiger partial charge in [0.15, 0.2) is 0 Å². The number of benzene rings is 2. The van der Waals surface area contributed by atoms with Crippen LogP contribution in [0.4, 0.5) is 11.4 Å². The molecule has 0 aliphatic rings. The van der Waals surface area contributed by atoms with Crippen molar-refractivity contribution < 1.29 is 5.11 Å². The van der Waals surface area contributed by atoms with Gasteiger partial charge in [-0.1, -0.05) is 23.7 Å². The molecular formula is C16H19ClN2O. The second kappa shape index (κ2) is 6.16. The van der Waals surface area contributed by atoms with Crippen LogP contribution in [-0.2, 0) is 6.54 Å². The first-order valence-corrected chi connectivity index (χ1v) is 7.00. The van der Waals surface area contributed by atoms with Gasteiger partial charge < -0.3 is 15.7 Å². The number of halogens is 1. The Labute approximate surface area is 124 Å². The highest BCUT2D eigenvalue weighted by molar-refractivity contribution is 6.31. The summed E-state index contributed by atoms with van der Waals surface area (Å²) in [5.74, 6) is 0.250. The van der Waals surface area contributed by atoms with Gasteiger partial charge in [-0.3, -0.25) is 0 Å². The van der Waals surface area contributed by atoms with Crippen molar-refractivity contribution in [3.63, 3.8) is 0 Å². The average molecular weight is 291 g/mol. The molecule has 2 aromatic carbocycles. The van der Waals surface area contributed by atoms with Gasteiger partial charge in [0.25, 0.3) is 0 Å². The summed E-state index contributed by atoms with van der Waals surface area (Å²) in [6.07, 6.45) is 0. The van der Waals surface area contributed by atoms with Crippen molar-refractivity contribution in [3.05, 3.63) is 52.5 Å². The number of nitrogens with two attached hydrogens (primary N) is 1. The van der Waals surface area contributed by atoms with E-state index in [9.17, 15) is 5.11 Å². The van der Waals surface area contributed by atoms with Gasteiger partial charge in [-0.05, 0) is 37.6 Å². The average Bonchev–Trinajstić information content (AvgIpc) is 2.44. The van der Waals surface area contributed by atoms with Crippen molar-refractivity contribution in [1.82, 2.24) is 0 Å². The van der Waals surface area contributed by atoms with Crippen LogP contribution in [0, 0.1) is 6.92 Å². The minimum Gasteiger partial charge on any atom is -0.508 e. The normalized spacial score (nSPS) is 10.6. The molecule has 3 nitrogen and oxygen atoms in total. The fourth-order valence-corrected chi connectivity index (χ4v) is 2.61. The van der Waals surface area contributed by atoms with Crippen LogP contribution in [0.25, 0.3) is 0 Å². The summed E-state index contributed by atoms with van der Waals surface area (Å²) in [6.45, 7) is 5.22. The Bertz CT molecular complexity index is 613. The molecular weight excluding hydrogens is 272 g/mol. The number of aryl methyl sites for hydroxylation is 1. The highest BCUT2D eigenvalue weighted by Crippen LogP contribution is 2.35. The lowest BCUT2D eigenvalue weighted by Gasteiger charge is -2.27. The summed E-state index contributed by atoms with van der Waals surface area (Å²) < 4.78 is 0. The summed E-state index contributed by atoms with van der Waals surface area (Å²) in [5, 5.41) is 10.4. The van der Waals surface area contributed by atoms with Gasteiger partial charge in [-0.15, -0.1) is 0 Å². The molecule has 0 aromatic heterocycles. The summed E-state index contributed by atoms with van der Waals surface area (Å²) >= 11 is 6.23. The Morgan fingerprint density at radius 1 is 1.20 bits per heavy atom. The van der Waals surface area contributed by atoms with E-state index in [0.29, 0.717) is 11.6 Å². The summed E-state index contributed by atoms with van der Waals surface area (Å²) in [6, 6.07) is 11.1. The maximum Gasteiger partial charge on any atom is 0.117 e. The minimum atomic E-state index is 0.250. The number of anilines is 2. The first-order chi connectivity index (χ1) is 9.58. The monoisotopic (exact) mass is 290 g/mol. The molecule has 0 aliphatic heterocycles. The number of phenolic OH excluding ortho intramolecular Hbond substituents is 1. The zero-order valence-corrected chi connectivity index (χ0v) is 12.5. The van der Waals surface area contributed by atoms with Gasteiger partial charge in [0.05, 0.1) is 0 Å². The third kappa shape index (κ3) is 2.74. The van der Waals surface area contributed by atoms with Gasteiger partial charge in [-0.25, -0.2) is 0 Å². The van der Waals surface area contributed by atoms with Gasteiger partial charge in [-0.2, -0.15) is 0 Å². The molecule has 0 bridgehead atoms. The highest BCUT2D eigenvalue weighted by atomic mass is 35.5. The zero-order valence-electron chi connectivity index (χ0n) is 11.7. The predicted molar refractivity (Wildman–Crippen MR) is 84.9 cm³/mol. The smallest absolute Gasteiger partial charge is 0.117 e. The van der Waals surface area contributed by atoms with Crippen molar-refractivity contribution in [2.24, 2.45) is 5.73 Å². The van der Waals surface area contributed by atoms with E-state index in [2.05, 4.69) is 11.8 Å². The van der Waals surface area contributed by atoms with Gasteiger partial charge >= 0.3 is 0 Å². The van der Waals surface area contributed by atoms with E-state index in [4.69, 9.17) is 17.3 Å². The molecule has 3 N–H and O–H groups in total. The lowest BCUT2D eigenvalue weighted by molar-refractivity contribution is 0.475. The number of hydrogen-bond donors (Lipinski definition) is 2. The van der Waals surface area contributed by atoms with Gasteiger partial charge in [0.2, 0.25) is 0 Å². The lowest BCUT2D eigenvalue weighted by atomic mass is 10.1. The number of phenols is 1. The van der Waals surface area contributed by atoms with E-state index in [-0.39, 0.29) is 5.75 Å². The topological polar surface area (TPSA) is 49.5 Å². The molecule has 0 unspecified atom stereocenters. The van der Waals surface area contributed by atoms with Crippen LogP contribution in [-0.4, -0.2) is 11.7 Å². The predicted octanol–water partition coefficient (Wildman–Crippen LogP) is 3.97. The Morgan fingerprint density at radius 2 is 1.95 bits per heavy atom. The van der Waals surface area contributed by atoms with Gasteiger partial charge in [0.1, 0.15) is 5.75 Å². The Balaban J connectivity index is 2.58. The van der Waals surface area contributed by atoms with Crippen LogP contribution in [0.15, 0.2) is 36.4 Å². The highest BCUT2D eigenvalue weighted by Gasteiger charge is 2.15. The van der Waals surface area contributed by atoms with E-state index >= 15 is 0 Å². The van der Waals surface area contributed by atoms with E-state index < -0.39 is 0 Å². The Kier molecular flexibility index (Phi) is 4.53. The third-order valence-electron chi connectivity index (χ3n) is 3.39. The first kappa shape index (κ1) is 14.7. The van der Waals surface area contributed by atoms with Crippen molar-refractivity contribution in [3.8, 4) is 5.75 Å². The van der Waals surface area contributed by atoms with E-state index in [1.54, 1.807) is 12.1 Å². The summed E-state index contributed by atoms with van der Waals surface area (Å²) in [5.41, 5.74) is 9.78. The largest absolute Gasteiger partial charge is 0.508 e. The van der Waals surface area contributed by atoms with Crippen LogP contribution in [0.3, 0.4) is 0 Å². The van der Waals surface area contributed by atoms with Crippen molar-refractivity contribution in [1.29, 1.82) is 0 Å². The number of aromatic hydroxyl groups is 1. The number of hydrogen-bond acceptors (Lipinski definition) is 3. The molecule has 0 spiro atoms.